The first-order chi connectivity index (χ1) is 19.0. The van der Waals surface area contributed by atoms with Crippen LogP contribution in [0.25, 0.3) is 22.0 Å². The van der Waals surface area contributed by atoms with E-state index in [2.05, 4.69) is 43.1 Å². The van der Waals surface area contributed by atoms with Crippen molar-refractivity contribution < 1.29 is 18.8 Å². The summed E-state index contributed by atoms with van der Waals surface area (Å²) in [4.78, 5) is 53.9. The number of nitrogens with zero attached hydrogens (tertiary/aromatic N) is 5. The molecule has 1 aromatic carbocycles. The number of fused-ring (bicyclic) bond motifs is 2. The molecule has 4 heterocycles. The van der Waals surface area contributed by atoms with Gasteiger partial charge in [-0.05, 0) is 65.7 Å². The first-order valence-electron chi connectivity index (χ1n) is 12.9. The van der Waals surface area contributed by atoms with Crippen molar-refractivity contribution in [2.75, 3.05) is 5.32 Å². The third-order valence-corrected chi connectivity index (χ3v) is 8.32. The number of anilines is 1. The van der Waals surface area contributed by atoms with Crippen LogP contribution in [0.2, 0.25) is 0 Å². The summed E-state index contributed by atoms with van der Waals surface area (Å²) in [6, 6.07) is 7.29. The molecule has 2 amide bonds. The molecule has 0 spiro atoms. The monoisotopic (exact) mass is 604 g/mol. The number of aryl methyl sites for hydroxylation is 1. The lowest BCUT2D eigenvalue weighted by molar-refractivity contribution is -0.138. The fourth-order valence-corrected chi connectivity index (χ4v) is 6.17. The fraction of sp³-hybridized carbons (Fsp3) is 0.310. The smallest absolute Gasteiger partial charge is 0.248 e. The Hall–Kier alpha value is -3.99. The van der Waals surface area contributed by atoms with Gasteiger partial charge in [0.1, 0.15) is 34.6 Å². The average molecular weight is 605 g/mol. The Morgan fingerprint density at radius 1 is 1.12 bits per heavy atom. The number of benzene rings is 1. The second kappa shape index (κ2) is 9.58. The number of hydrogen-bond donors (Lipinski definition) is 1. The number of amides is 2. The molecular formula is C29H26BrFN6O3. The molecule has 40 heavy (non-hydrogen) atoms. The van der Waals surface area contributed by atoms with Crippen molar-refractivity contribution in [2.24, 2.45) is 5.41 Å². The standard InChI is InChI=1S/C29H26BrFN6O3/c1-15(38)21-13-36(22-5-4-17(6-20(21)22)18-11-32-16(2)33-12-18)14-27(39)37-23(9-29(3)10-24(29)37)28(40)35-26-8-19(31)7-25(30)34-26/h4-8,11-13,23-24H,9-10,14H2,1-3H3,(H,34,35,40)/t23-,24?,29-/m0/s1. The molecule has 1 N–H and O–H groups in total. The van der Waals surface area contributed by atoms with Crippen molar-refractivity contribution in [1.29, 1.82) is 0 Å². The van der Waals surface area contributed by atoms with Crippen molar-refractivity contribution >= 4 is 50.2 Å². The number of ketones is 1. The number of carbonyl (C=O) groups is 3. The van der Waals surface area contributed by atoms with E-state index < -0.39 is 17.8 Å². The molecule has 1 saturated carbocycles. The Balaban J connectivity index is 1.28. The maximum atomic E-state index is 13.8. The van der Waals surface area contributed by atoms with Crippen molar-refractivity contribution in [3.63, 3.8) is 0 Å². The Morgan fingerprint density at radius 2 is 1.88 bits per heavy atom. The van der Waals surface area contributed by atoms with E-state index in [1.54, 1.807) is 28.1 Å². The highest BCUT2D eigenvalue weighted by Crippen LogP contribution is 2.59. The average Bonchev–Trinajstić information content (AvgIpc) is 3.26. The molecule has 3 atom stereocenters. The second-order valence-corrected chi connectivity index (χ2v) is 11.7. The molecule has 2 aliphatic rings. The van der Waals surface area contributed by atoms with Gasteiger partial charge in [0.2, 0.25) is 11.8 Å². The first kappa shape index (κ1) is 26.2. The zero-order valence-corrected chi connectivity index (χ0v) is 23.7. The molecule has 1 aliphatic heterocycles. The van der Waals surface area contributed by atoms with Crippen LogP contribution in [-0.4, -0.2) is 54.1 Å². The number of likely N-dealkylation sites (tertiary alicyclic amines) is 1. The van der Waals surface area contributed by atoms with Crippen molar-refractivity contribution in [3.8, 4) is 11.1 Å². The Morgan fingerprint density at radius 3 is 2.58 bits per heavy atom. The zero-order valence-electron chi connectivity index (χ0n) is 22.1. The van der Waals surface area contributed by atoms with Crippen LogP contribution in [0.3, 0.4) is 0 Å². The van der Waals surface area contributed by atoms with Gasteiger partial charge >= 0.3 is 0 Å². The highest BCUT2D eigenvalue weighted by Gasteiger charge is 2.64. The van der Waals surface area contributed by atoms with Crippen molar-refractivity contribution in [1.82, 2.24) is 24.4 Å². The summed E-state index contributed by atoms with van der Waals surface area (Å²) < 4.78 is 15.9. The van der Waals surface area contributed by atoms with Gasteiger partial charge in [-0.1, -0.05) is 13.0 Å². The lowest BCUT2D eigenvalue weighted by Crippen LogP contribution is -2.46. The van der Waals surface area contributed by atoms with Gasteiger partial charge in [0, 0.05) is 58.8 Å². The number of piperidine rings is 1. The molecule has 2 fully saturated rings. The molecular weight excluding hydrogens is 579 g/mol. The van der Waals surface area contributed by atoms with E-state index in [0.29, 0.717) is 17.8 Å². The van der Waals surface area contributed by atoms with Crippen LogP contribution >= 0.6 is 15.9 Å². The van der Waals surface area contributed by atoms with Crippen LogP contribution in [0.5, 0.6) is 0 Å². The summed E-state index contributed by atoms with van der Waals surface area (Å²) in [7, 11) is 0. The van der Waals surface area contributed by atoms with Crippen LogP contribution in [0, 0.1) is 18.2 Å². The molecule has 0 bridgehead atoms. The lowest BCUT2D eigenvalue weighted by Gasteiger charge is -2.27. The highest BCUT2D eigenvalue weighted by molar-refractivity contribution is 9.10. The third-order valence-electron chi connectivity index (χ3n) is 7.92. The molecule has 1 saturated heterocycles. The van der Waals surface area contributed by atoms with Crippen LogP contribution in [-0.2, 0) is 16.1 Å². The SMILES string of the molecule is CC(=O)c1cn(CC(=O)N2C3C[C@]3(C)C[C@H]2C(=O)Nc2cc(F)cc(Br)n2)c2ccc(-c3cnc(C)nc3)cc12. The predicted octanol–water partition coefficient (Wildman–Crippen LogP) is 4.92. The van der Waals surface area contributed by atoms with Crippen molar-refractivity contribution in [3.05, 3.63) is 70.7 Å². The van der Waals surface area contributed by atoms with E-state index in [-0.39, 0.29) is 40.1 Å². The normalized spacial score (nSPS) is 21.4. The summed E-state index contributed by atoms with van der Waals surface area (Å²) in [6.07, 6.45) is 6.51. The maximum Gasteiger partial charge on any atom is 0.248 e. The van der Waals surface area contributed by atoms with Crippen LogP contribution in [0.4, 0.5) is 10.2 Å². The largest absolute Gasteiger partial charge is 0.337 e. The van der Waals surface area contributed by atoms with Gasteiger partial charge in [0.25, 0.3) is 0 Å². The van der Waals surface area contributed by atoms with Crippen LogP contribution < -0.4 is 5.32 Å². The Bertz CT molecular complexity index is 1680. The number of nitrogens with one attached hydrogen (secondary N) is 1. The van der Waals surface area contributed by atoms with Crippen LogP contribution in [0.1, 0.15) is 42.9 Å². The minimum atomic E-state index is -0.706. The zero-order chi connectivity index (χ0) is 28.3. The summed E-state index contributed by atoms with van der Waals surface area (Å²) in [5.41, 5.74) is 2.80. The van der Waals surface area contributed by atoms with E-state index in [1.807, 2.05) is 25.1 Å². The Labute approximate surface area is 238 Å². The molecule has 1 aliphatic carbocycles. The summed E-state index contributed by atoms with van der Waals surface area (Å²) >= 11 is 3.14. The van der Waals surface area contributed by atoms with E-state index in [0.717, 1.165) is 34.5 Å². The molecule has 9 nitrogen and oxygen atoms in total. The molecule has 0 radical (unpaired) electrons. The van der Waals surface area contributed by atoms with Crippen LogP contribution in [0.15, 0.2) is 53.5 Å². The highest BCUT2D eigenvalue weighted by atomic mass is 79.9. The molecule has 1 unspecified atom stereocenters. The molecule has 204 valence electrons. The second-order valence-electron chi connectivity index (χ2n) is 10.9. The number of hydrogen-bond acceptors (Lipinski definition) is 6. The lowest BCUT2D eigenvalue weighted by atomic mass is 10.0. The molecule has 11 heteroatoms. The minimum absolute atomic E-state index is 0.0309. The van der Waals surface area contributed by atoms with E-state index in [4.69, 9.17) is 0 Å². The topological polar surface area (TPSA) is 110 Å². The maximum absolute atomic E-state index is 13.8. The van der Waals surface area contributed by atoms with Gasteiger partial charge in [-0.15, -0.1) is 0 Å². The number of halogens is 2. The van der Waals surface area contributed by atoms with Crippen molar-refractivity contribution in [2.45, 2.75) is 52.2 Å². The summed E-state index contributed by atoms with van der Waals surface area (Å²) in [6.45, 7) is 5.35. The molecule has 3 aromatic heterocycles. The van der Waals surface area contributed by atoms with E-state index >= 15 is 0 Å². The number of carbonyl (C=O) groups excluding carboxylic acids is 3. The summed E-state index contributed by atoms with van der Waals surface area (Å²) in [5.74, 6) is -0.533. The van der Waals surface area contributed by atoms with Gasteiger partial charge in [0.15, 0.2) is 5.78 Å². The number of Topliss-reactive ketones (excluding diaryl/α,β-unsaturated/α-hetero) is 1. The van der Waals surface area contributed by atoms with E-state index in [9.17, 15) is 18.8 Å². The van der Waals surface area contributed by atoms with Gasteiger partial charge in [-0.3, -0.25) is 14.4 Å². The number of pyridine rings is 1. The predicted molar refractivity (Wildman–Crippen MR) is 150 cm³/mol. The van der Waals surface area contributed by atoms with E-state index in [1.165, 1.54) is 13.0 Å². The number of rotatable bonds is 6. The van der Waals surface area contributed by atoms with Gasteiger partial charge < -0.3 is 14.8 Å². The molecule has 4 aromatic rings. The fourth-order valence-electron chi connectivity index (χ4n) is 5.76. The Kier molecular flexibility index (Phi) is 6.29. The first-order valence-corrected chi connectivity index (χ1v) is 13.7. The van der Waals surface area contributed by atoms with Gasteiger partial charge in [0.05, 0.1) is 0 Å². The van der Waals surface area contributed by atoms with Gasteiger partial charge in [-0.25, -0.2) is 19.3 Å². The molecule has 6 rings (SSSR count). The number of aromatic nitrogens is 4. The van der Waals surface area contributed by atoms with Gasteiger partial charge in [-0.2, -0.15) is 0 Å². The minimum Gasteiger partial charge on any atom is -0.337 e. The quantitative estimate of drug-likeness (QED) is 0.247. The summed E-state index contributed by atoms with van der Waals surface area (Å²) in [5, 5.41) is 3.40. The third kappa shape index (κ3) is 4.68.